The van der Waals surface area contributed by atoms with Gasteiger partial charge in [0.2, 0.25) is 5.91 Å². The highest BCUT2D eigenvalue weighted by Crippen LogP contribution is 2.27. The largest absolute Gasteiger partial charge is 0.481 e. The Kier molecular flexibility index (Phi) is 5.08. The van der Waals surface area contributed by atoms with Gasteiger partial charge >= 0.3 is 5.97 Å². The molecule has 0 aliphatic heterocycles. The maximum absolute atomic E-state index is 11.9. The lowest BCUT2D eigenvalue weighted by Gasteiger charge is -2.17. The average Bonchev–Trinajstić information content (AvgIpc) is 3.07. The fourth-order valence-corrected chi connectivity index (χ4v) is 3.34. The molecule has 2 unspecified atom stereocenters. The molecule has 2 atom stereocenters. The minimum absolute atomic E-state index is 0.165. The summed E-state index contributed by atoms with van der Waals surface area (Å²) in [5, 5.41) is 16.4. The number of nitrogens with zero attached hydrogens (tertiary/aromatic N) is 1. The number of carbonyl (C=O) groups excluding carboxylic acids is 1. The van der Waals surface area contributed by atoms with Gasteiger partial charge in [0.25, 0.3) is 0 Å². The van der Waals surface area contributed by atoms with Crippen molar-refractivity contribution in [3.8, 4) is 9.88 Å². The number of rotatable bonds is 6. The van der Waals surface area contributed by atoms with Crippen LogP contribution in [0.2, 0.25) is 0 Å². The van der Waals surface area contributed by atoms with Crippen LogP contribution < -0.4 is 5.32 Å². The van der Waals surface area contributed by atoms with E-state index in [0.717, 1.165) is 9.88 Å². The molecule has 5 nitrogen and oxygen atoms in total. The normalized spacial score (nSPS) is 13.6. The summed E-state index contributed by atoms with van der Waals surface area (Å²) in [4.78, 5) is 28.3. The number of carboxylic acids is 1. The summed E-state index contributed by atoms with van der Waals surface area (Å²) < 4.78 is 0. The highest BCUT2D eigenvalue weighted by molar-refractivity contribution is 7.20. The van der Waals surface area contributed by atoms with Crippen molar-refractivity contribution in [2.24, 2.45) is 5.92 Å². The molecule has 7 heteroatoms. The quantitative estimate of drug-likeness (QED) is 0.856. The van der Waals surface area contributed by atoms with Gasteiger partial charge in [-0.1, -0.05) is 6.07 Å². The van der Waals surface area contributed by atoms with Crippen molar-refractivity contribution >= 4 is 34.6 Å². The molecular weight excluding hydrogens is 308 g/mol. The van der Waals surface area contributed by atoms with Crippen molar-refractivity contribution in [1.29, 1.82) is 0 Å². The van der Waals surface area contributed by atoms with Gasteiger partial charge in [-0.05, 0) is 25.3 Å². The second-order valence-electron chi connectivity index (χ2n) is 4.78. The van der Waals surface area contributed by atoms with Gasteiger partial charge in [-0.15, -0.1) is 22.7 Å². The predicted octanol–water partition coefficient (Wildman–Crippen LogP) is 2.64. The van der Waals surface area contributed by atoms with Gasteiger partial charge < -0.3 is 10.4 Å². The van der Waals surface area contributed by atoms with E-state index in [0.29, 0.717) is 5.69 Å². The summed E-state index contributed by atoms with van der Waals surface area (Å²) >= 11 is 3.11. The number of thiazole rings is 1. The van der Waals surface area contributed by atoms with E-state index in [1.807, 2.05) is 22.9 Å². The Balaban J connectivity index is 1.93. The van der Waals surface area contributed by atoms with Crippen LogP contribution in [0.1, 0.15) is 19.5 Å². The van der Waals surface area contributed by atoms with Gasteiger partial charge in [0.05, 0.1) is 22.9 Å². The zero-order valence-electron chi connectivity index (χ0n) is 11.7. The van der Waals surface area contributed by atoms with Gasteiger partial charge in [-0.25, -0.2) is 4.98 Å². The standard InChI is InChI=1S/C14H16N2O3S2/c1-8(14(18)19)9(2)15-12(17)6-10-7-21-13(16-10)11-4-3-5-20-11/h3-5,7-9H,6H2,1-2H3,(H,15,17)(H,18,19). The lowest BCUT2D eigenvalue weighted by atomic mass is 10.0. The second kappa shape index (κ2) is 6.82. The molecule has 2 rings (SSSR count). The smallest absolute Gasteiger partial charge is 0.308 e. The maximum atomic E-state index is 11.9. The van der Waals surface area contributed by atoms with Gasteiger partial charge in [0, 0.05) is 11.4 Å². The van der Waals surface area contributed by atoms with Crippen LogP contribution in [0.3, 0.4) is 0 Å². The third kappa shape index (κ3) is 4.12. The minimum Gasteiger partial charge on any atom is -0.481 e. The van der Waals surface area contributed by atoms with Crippen molar-refractivity contribution in [1.82, 2.24) is 10.3 Å². The third-order valence-corrected chi connectivity index (χ3v) is 5.08. The van der Waals surface area contributed by atoms with Gasteiger partial charge in [0.15, 0.2) is 0 Å². The van der Waals surface area contributed by atoms with E-state index in [9.17, 15) is 9.59 Å². The van der Waals surface area contributed by atoms with E-state index in [2.05, 4.69) is 10.3 Å². The van der Waals surface area contributed by atoms with Crippen molar-refractivity contribution in [2.45, 2.75) is 26.3 Å². The molecule has 21 heavy (non-hydrogen) atoms. The first-order valence-corrected chi connectivity index (χ1v) is 8.23. The molecule has 2 aromatic heterocycles. The molecule has 0 bridgehead atoms. The minimum atomic E-state index is -0.920. The second-order valence-corrected chi connectivity index (χ2v) is 6.59. The first-order chi connectivity index (χ1) is 9.97. The number of hydrogen-bond donors (Lipinski definition) is 2. The number of amides is 1. The van der Waals surface area contributed by atoms with E-state index in [1.54, 1.807) is 25.2 Å². The fourth-order valence-electron chi connectivity index (χ4n) is 1.71. The lowest BCUT2D eigenvalue weighted by Crippen LogP contribution is -2.40. The Morgan fingerprint density at radius 2 is 2.14 bits per heavy atom. The summed E-state index contributed by atoms with van der Waals surface area (Å²) in [5.41, 5.74) is 0.705. The van der Waals surface area contributed by atoms with Gasteiger partial charge in [-0.3, -0.25) is 9.59 Å². The van der Waals surface area contributed by atoms with Crippen LogP contribution in [0.5, 0.6) is 0 Å². The zero-order chi connectivity index (χ0) is 15.4. The molecule has 1 amide bonds. The van der Waals surface area contributed by atoms with E-state index >= 15 is 0 Å². The predicted molar refractivity (Wildman–Crippen MR) is 83.5 cm³/mol. The van der Waals surface area contributed by atoms with Crippen LogP contribution in [0, 0.1) is 5.92 Å². The Morgan fingerprint density at radius 1 is 1.38 bits per heavy atom. The third-order valence-electron chi connectivity index (χ3n) is 3.15. The number of aliphatic carboxylic acids is 1. The van der Waals surface area contributed by atoms with Crippen LogP contribution in [0.4, 0.5) is 0 Å². The first kappa shape index (κ1) is 15.7. The lowest BCUT2D eigenvalue weighted by molar-refractivity contribution is -0.142. The van der Waals surface area contributed by atoms with Crippen LogP contribution in [0.15, 0.2) is 22.9 Å². The molecule has 0 spiro atoms. The number of nitrogens with one attached hydrogen (secondary N) is 1. The van der Waals surface area contributed by atoms with Crippen LogP contribution in [-0.2, 0) is 16.0 Å². The number of aromatic nitrogens is 1. The number of hydrogen-bond acceptors (Lipinski definition) is 5. The van der Waals surface area contributed by atoms with E-state index in [-0.39, 0.29) is 12.3 Å². The fraction of sp³-hybridized carbons (Fsp3) is 0.357. The van der Waals surface area contributed by atoms with E-state index in [1.165, 1.54) is 11.3 Å². The molecule has 0 aliphatic rings. The molecule has 0 saturated heterocycles. The highest BCUT2D eigenvalue weighted by atomic mass is 32.1. The molecular formula is C14H16N2O3S2. The van der Waals surface area contributed by atoms with Crippen LogP contribution >= 0.6 is 22.7 Å². The van der Waals surface area contributed by atoms with Crippen LogP contribution in [-0.4, -0.2) is 28.0 Å². The van der Waals surface area contributed by atoms with E-state index in [4.69, 9.17) is 5.11 Å². The molecule has 0 saturated carbocycles. The number of thiophene rings is 1. The van der Waals surface area contributed by atoms with Crippen molar-refractivity contribution in [3.05, 3.63) is 28.6 Å². The Bertz CT molecular complexity index is 622. The summed E-state index contributed by atoms with van der Waals surface area (Å²) in [6.45, 7) is 3.26. The summed E-state index contributed by atoms with van der Waals surface area (Å²) in [6.07, 6.45) is 0.165. The molecule has 2 aromatic rings. The van der Waals surface area contributed by atoms with Gasteiger partial charge in [0.1, 0.15) is 5.01 Å². The SMILES string of the molecule is CC(NC(=O)Cc1csc(-c2cccs2)n1)C(C)C(=O)O. The summed E-state index contributed by atoms with van der Waals surface area (Å²) in [7, 11) is 0. The molecule has 0 radical (unpaired) electrons. The average molecular weight is 324 g/mol. The van der Waals surface area contributed by atoms with Gasteiger partial charge in [-0.2, -0.15) is 0 Å². The van der Waals surface area contributed by atoms with Crippen molar-refractivity contribution in [3.63, 3.8) is 0 Å². The molecule has 0 fully saturated rings. The molecule has 0 aliphatic carbocycles. The number of carboxylic acid groups (broad SMARTS) is 1. The Labute approximate surface area is 130 Å². The maximum Gasteiger partial charge on any atom is 0.308 e. The topological polar surface area (TPSA) is 79.3 Å². The van der Waals surface area contributed by atoms with E-state index < -0.39 is 17.9 Å². The molecule has 112 valence electrons. The number of carbonyl (C=O) groups is 2. The highest BCUT2D eigenvalue weighted by Gasteiger charge is 2.21. The first-order valence-electron chi connectivity index (χ1n) is 6.48. The molecule has 2 N–H and O–H groups in total. The van der Waals surface area contributed by atoms with Crippen molar-refractivity contribution < 1.29 is 14.7 Å². The Hall–Kier alpha value is -1.73. The zero-order valence-corrected chi connectivity index (χ0v) is 13.3. The Morgan fingerprint density at radius 3 is 2.76 bits per heavy atom. The molecule has 2 heterocycles. The summed E-state index contributed by atoms with van der Waals surface area (Å²) in [5.74, 6) is -1.75. The van der Waals surface area contributed by atoms with Crippen molar-refractivity contribution in [2.75, 3.05) is 0 Å². The molecule has 0 aromatic carbocycles. The summed E-state index contributed by atoms with van der Waals surface area (Å²) in [6, 6.07) is 3.54. The van der Waals surface area contributed by atoms with Crippen LogP contribution in [0.25, 0.3) is 9.88 Å². The monoisotopic (exact) mass is 324 g/mol.